The third kappa shape index (κ3) is 3.79. The number of aromatic nitrogens is 2. The lowest BCUT2D eigenvalue weighted by Gasteiger charge is -2.34. The van der Waals surface area contributed by atoms with Gasteiger partial charge in [-0.15, -0.1) is 0 Å². The first-order valence-electron chi connectivity index (χ1n) is 8.35. The molecule has 1 aromatic carbocycles. The number of nitrogens with zero attached hydrogens (tertiary/aromatic N) is 3. The predicted molar refractivity (Wildman–Crippen MR) is 95.9 cm³/mol. The van der Waals surface area contributed by atoms with E-state index in [0.29, 0.717) is 18.8 Å². The largest absolute Gasteiger partial charge is 0.377 e. The van der Waals surface area contributed by atoms with E-state index < -0.39 is 0 Å². The van der Waals surface area contributed by atoms with Gasteiger partial charge in [-0.1, -0.05) is 41.9 Å². The Hall–Kier alpha value is -1.85. The molecule has 1 aliphatic heterocycles. The van der Waals surface area contributed by atoms with Gasteiger partial charge in [-0.3, -0.25) is 4.79 Å². The quantitative estimate of drug-likeness (QED) is 0.834. The lowest BCUT2D eigenvalue weighted by atomic mass is 10.1. The summed E-state index contributed by atoms with van der Waals surface area (Å²) in [6, 6.07) is 9.76. The Kier molecular flexibility index (Phi) is 5.53. The molecule has 0 saturated carbocycles. The van der Waals surface area contributed by atoms with E-state index in [9.17, 15) is 4.79 Å². The van der Waals surface area contributed by atoms with Gasteiger partial charge >= 0.3 is 0 Å². The van der Waals surface area contributed by atoms with Gasteiger partial charge in [0.2, 0.25) is 0 Å². The Morgan fingerprint density at radius 2 is 2.12 bits per heavy atom. The van der Waals surface area contributed by atoms with Crippen molar-refractivity contribution in [1.29, 1.82) is 0 Å². The molecule has 1 aromatic heterocycles. The highest BCUT2D eigenvalue weighted by Gasteiger charge is 2.23. The number of hydrogen-bond acceptors (Lipinski definition) is 4. The first kappa shape index (κ1) is 17.0. The molecule has 24 heavy (non-hydrogen) atoms. The molecule has 0 radical (unpaired) electrons. The van der Waals surface area contributed by atoms with Crippen molar-refractivity contribution in [2.45, 2.75) is 32.4 Å². The third-order valence-corrected chi connectivity index (χ3v) is 4.62. The summed E-state index contributed by atoms with van der Waals surface area (Å²) in [6.45, 7) is 4.73. The van der Waals surface area contributed by atoms with Gasteiger partial charge in [0.05, 0.1) is 24.5 Å². The lowest BCUT2D eigenvalue weighted by molar-refractivity contribution is 0.0526. The van der Waals surface area contributed by atoms with E-state index in [4.69, 9.17) is 16.3 Å². The molecule has 1 unspecified atom stereocenters. The lowest BCUT2D eigenvalue weighted by Crippen LogP contribution is -2.41. The van der Waals surface area contributed by atoms with Gasteiger partial charge in [0.1, 0.15) is 5.02 Å². The zero-order valence-electron chi connectivity index (χ0n) is 13.8. The summed E-state index contributed by atoms with van der Waals surface area (Å²) >= 11 is 6.37. The predicted octanol–water partition coefficient (Wildman–Crippen LogP) is 2.95. The molecule has 0 bridgehead atoms. The van der Waals surface area contributed by atoms with Crippen LogP contribution in [0.2, 0.25) is 5.02 Å². The fourth-order valence-corrected chi connectivity index (χ4v) is 3.34. The molecular weight excluding hydrogens is 326 g/mol. The number of anilines is 1. The van der Waals surface area contributed by atoms with Crippen molar-refractivity contribution in [3.8, 4) is 0 Å². The van der Waals surface area contributed by atoms with Crippen LogP contribution < -0.4 is 10.5 Å². The third-order valence-electron chi connectivity index (χ3n) is 4.26. The molecule has 5 nitrogen and oxygen atoms in total. The summed E-state index contributed by atoms with van der Waals surface area (Å²) < 4.78 is 7.13. The Morgan fingerprint density at radius 1 is 1.33 bits per heavy atom. The molecule has 0 aliphatic carbocycles. The zero-order valence-corrected chi connectivity index (χ0v) is 14.6. The van der Waals surface area contributed by atoms with Crippen LogP contribution in [0.5, 0.6) is 0 Å². The second-order valence-electron chi connectivity index (χ2n) is 5.96. The van der Waals surface area contributed by atoms with Gasteiger partial charge in [0, 0.05) is 19.7 Å². The second-order valence-corrected chi connectivity index (χ2v) is 6.34. The molecular formula is C18H22ClN3O2. The van der Waals surface area contributed by atoms with E-state index in [1.807, 2.05) is 37.3 Å². The second kappa shape index (κ2) is 7.81. The number of benzene rings is 1. The topological polar surface area (TPSA) is 47.4 Å². The summed E-state index contributed by atoms with van der Waals surface area (Å²) in [7, 11) is 0. The normalized spacial score (nSPS) is 17.9. The summed E-state index contributed by atoms with van der Waals surface area (Å²) in [5.41, 5.74) is 1.47. The van der Waals surface area contributed by atoms with Crippen molar-refractivity contribution in [1.82, 2.24) is 9.78 Å². The molecule has 1 fully saturated rings. The molecule has 1 saturated heterocycles. The van der Waals surface area contributed by atoms with E-state index in [2.05, 4.69) is 10.00 Å². The van der Waals surface area contributed by atoms with E-state index in [-0.39, 0.29) is 16.7 Å². The van der Waals surface area contributed by atoms with Gasteiger partial charge in [0.25, 0.3) is 5.56 Å². The van der Waals surface area contributed by atoms with Gasteiger partial charge in [-0.2, -0.15) is 5.10 Å². The summed E-state index contributed by atoms with van der Waals surface area (Å²) in [6.07, 6.45) is 3.95. The minimum absolute atomic E-state index is 0.187. The van der Waals surface area contributed by atoms with Crippen LogP contribution in [0.4, 0.5) is 5.69 Å². The van der Waals surface area contributed by atoms with Crippen LogP contribution in [0.1, 0.15) is 25.3 Å². The molecule has 6 heteroatoms. The number of halogens is 1. The highest BCUT2D eigenvalue weighted by atomic mass is 35.5. The van der Waals surface area contributed by atoms with Crippen LogP contribution in [0.3, 0.4) is 0 Å². The summed E-state index contributed by atoms with van der Waals surface area (Å²) in [5.74, 6) is 0. The average Bonchev–Trinajstić information content (AvgIpc) is 2.61. The van der Waals surface area contributed by atoms with Crippen LogP contribution in [0.25, 0.3) is 0 Å². The number of hydrogen-bond donors (Lipinski definition) is 0. The summed E-state index contributed by atoms with van der Waals surface area (Å²) in [5, 5.41) is 4.55. The number of piperidine rings is 1. The molecule has 3 rings (SSSR count). The maximum atomic E-state index is 12.6. The summed E-state index contributed by atoms with van der Waals surface area (Å²) in [4.78, 5) is 14.7. The SMILES string of the molecule is CCOC1CCCN(c2cnn(Cc3ccccc3)c(=O)c2Cl)C1. The molecule has 2 aromatic rings. The average molecular weight is 348 g/mol. The molecule has 1 aliphatic rings. The van der Waals surface area contributed by atoms with Crippen molar-refractivity contribution in [2.75, 3.05) is 24.6 Å². The monoisotopic (exact) mass is 347 g/mol. The van der Waals surface area contributed by atoms with Gasteiger partial charge in [-0.25, -0.2) is 4.68 Å². The van der Waals surface area contributed by atoms with Gasteiger partial charge in [-0.05, 0) is 25.3 Å². The molecule has 2 heterocycles. The van der Waals surface area contributed by atoms with Crippen molar-refractivity contribution in [3.63, 3.8) is 0 Å². The van der Waals surface area contributed by atoms with E-state index in [1.54, 1.807) is 6.20 Å². The van der Waals surface area contributed by atoms with Crippen LogP contribution in [0.15, 0.2) is 41.3 Å². The first-order valence-corrected chi connectivity index (χ1v) is 8.73. The minimum atomic E-state index is -0.253. The molecule has 0 amide bonds. The Morgan fingerprint density at radius 3 is 2.88 bits per heavy atom. The highest BCUT2D eigenvalue weighted by Crippen LogP contribution is 2.25. The first-order chi connectivity index (χ1) is 11.7. The smallest absolute Gasteiger partial charge is 0.287 e. The number of ether oxygens (including phenoxy) is 1. The highest BCUT2D eigenvalue weighted by molar-refractivity contribution is 6.33. The van der Waals surface area contributed by atoms with E-state index in [1.165, 1.54) is 4.68 Å². The van der Waals surface area contributed by atoms with Crippen molar-refractivity contribution >= 4 is 17.3 Å². The molecule has 0 spiro atoms. The van der Waals surface area contributed by atoms with Crippen molar-refractivity contribution in [3.05, 3.63) is 57.5 Å². The van der Waals surface area contributed by atoms with Crippen LogP contribution >= 0.6 is 11.6 Å². The maximum Gasteiger partial charge on any atom is 0.287 e. The number of rotatable bonds is 5. The van der Waals surface area contributed by atoms with Crippen LogP contribution in [-0.2, 0) is 11.3 Å². The maximum absolute atomic E-state index is 12.6. The van der Waals surface area contributed by atoms with Gasteiger partial charge in [0.15, 0.2) is 0 Å². The fraction of sp³-hybridized carbons (Fsp3) is 0.444. The standard InChI is InChI=1S/C18H22ClN3O2/c1-2-24-15-9-6-10-21(13-15)16-11-20-22(18(23)17(16)19)12-14-7-4-3-5-8-14/h3-5,7-8,11,15H,2,6,9-10,12-13H2,1H3. The van der Waals surface area contributed by atoms with Crippen LogP contribution in [-0.4, -0.2) is 35.6 Å². The minimum Gasteiger partial charge on any atom is -0.377 e. The van der Waals surface area contributed by atoms with Crippen molar-refractivity contribution in [2.24, 2.45) is 0 Å². The Labute approximate surface area is 146 Å². The molecule has 128 valence electrons. The Bertz CT molecular complexity index is 731. The Balaban J connectivity index is 1.81. The van der Waals surface area contributed by atoms with Crippen LogP contribution in [0, 0.1) is 0 Å². The molecule has 0 N–H and O–H groups in total. The van der Waals surface area contributed by atoms with E-state index in [0.717, 1.165) is 31.5 Å². The molecule has 1 atom stereocenters. The van der Waals surface area contributed by atoms with E-state index >= 15 is 0 Å². The fourth-order valence-electron chi connectivity index (χ4n) is 3.07. The van der Waals surface area contributed by atoms with Gasteiger partial charge < -0.3 is 9.64 Å². The zero-order chi connectivity index (χ0) is 16.9. The van der Waals surface area contributed by atoms with Crippen molar-refractivity contribution < 1.29 is 4.74 Å².